The van der Waals surface area contributed by atoms with Crippen LogP contribution in [0.4, 0.5) is 0 Å². The van der Waals surface area contributed by atoms with Crippen molar-refractivity contribution in [3.8, 4) is 0 Å². The summed E-state index contributed by atoms with van der Waals surface area (Å²) in [7, 11) is 0. The van der Waals surface area contributed by atoms with E-state index in [0.717, 1.165) is 0 Å². The summed E-state index contributed by atoms with van der Waals surface area (Å²) in [6.07, 6.45) is 0.731. The number of hydrogen-bond acceptors (Lipinski definition) is 5. The van der Waals surface area contributed by atoms with Crippen molar-refractivity contribution >= 4 is 17.5 Å². The molecule has 0 fully saturated rings. The number of thioether (sulfide) groups is 1. The summed E-state index contributed by atoms with van der Waals surface area (Å²) in [5.41, 5.74) is 1.23. The molecule has 0 spiro atoms. The molecule has 0 radical (unpaired) electrons. The molecule has 1 aromatic heterocycles. The Morgan fingerprint density at radius 2 is 2.26 bits per heavy atom. The summed E-state index contributed by atoms with van der Waals surface area (Å²) >= 11 is 1.66. The maximum atomic E-state index is 11.3. The van der Waals surface area contributed by atoms with Crippen molar-refractivity contribution in [2.75, 3.05) is 0 Å². The molecule has 0 N–H and O–H groups in total. The highest BCUT2D eigenvalue weighted by Crippen LogP contribution is 2.22. The van der Waals surface area contributed by atoms with Gasteiger partial charge in [-0.15, -0.1) is 11.8 Å². The van der Waals surface area contributed by atoms with E-state index in [4.69, 9.17) is 4.52 Å². The highest BCUT2D eigenvalue weighted by molar-refractivity contribution is 7.98. The van der Waals surface area contributed by atoms with Crippen molar-refractivity contribution in [1.82, 2.24) is 10.1 Å². The lowest BCUT2D eigenvalue weighted by Crippen LogP contribution is -2.00. The van der Waals surface area contributed by atoms with E-state index in [0.29, 0.717) is 23.9 Å². The largest absolute Gasteiger partial charge is 0.339 e. The van der Waals surface area contributed by atoms with E-state index in [2.05, 4.69) is 35.3 Å². The Morgan fingerprint density at radius 3 is 3.00 bits per heavy atom. The van der Waals surface area contributed by atoms with E-state index < -0.39 is 0 Å². The van der Waals surface area contributed by atoms with Crippen molar-refractivity contribution in [1.29, 1.82) is 0 Å². The second-order valence-electron chi connectivity index (χ2n) is 4.28. The number of nitrogens with zero attached hydrogens (tertiary/aromatic N) is 2. The van der Waals surface area contributed by atoms with Crippen LogP contribution >= 0.6 is 11.8 Å². The minimum Gasteiger partial charge on any atom is -0.339 e. The van der Waals surface area contributed by atoms with Gasteiger partial charge in [-0.05, 0) is 19.1 Å². The first-order valence-corrected chi connectivity index (χ1v) is 7.18. The van der Waals surface area contributed by atoms with Crippen LogP contribution in [0.25, 0.3) is 0 Å². The van der Waals surface area contributed by atoms with Crippen molar-refractivity contribution in [2.24, 2.45) is 0 Å². The van der Waals surface area contributed by atoms with Gasteiger partial charge in [0.2, 0.25) is 5.89 Å². The zero-order chi connectivity index (χ0) is 13.7. The Hall–Kier alpha value is -1.62. The first kappa shape index (κ1) is 13.8. The van der Waals surface area contributed by atoms with Gasteiger partial charge < -0.3 is 4.52 Å². The molecule has 2 rings (SSSR count). The van der Waals surface area contributed by atoms with Crippen molar-refractivity contribution in [2.45, 2.75) is 37.3 Å². The van der Waals surface area contributed by atoms with E-state index in [1.165, 1.54) is 10.5 Å². The average molecular weight is 276 g/mol. The SMILES string of the molecule is CCC(=O)Cc1nc(CSc2cccc(C)c2)no1. The van der Waals surface area contributed by atoms with Crippen LogP contribution < -0.4 is 0 Å². The molecule has 0 aliphatic rings. The van der Waals surface area contributed by atoms with Gasteiger partial charge in [-0.25, -0.2) is 0 Å². The smallest absolute Gasteiger partial charge is 0.234 e. The summed E-state index contributed by atoms with van der Waals surface area (Å²) in [5, 5.41) is 3.88. The third kappa shape index (κ3) is 4.21. The van der Waals surface area contributed by atoms with Crippen LogP contribution in [0, 0.1) is 6.92 Å². The van der Waals surface area contributed by atoms with Crippen molar-refractivity contribution in [3.63, 3.8) is 0 Å². The Morgan fingerprint density at radius 1 is 1.42 bits per heavy atom. The zero-order valence-corrected chi connectivity index (χ0v) is 11.9. The first-order valence-electron chi connectivity index (χ1n) is 6.20. The van der Waals surface area contributed by atoms with E-state index in [9.17, 15) is 4.79 Å². The van der Waals surface area contributed by atoms with E-state index >= 15 is 0 Å². The van der Waals surface area contributed by atoms with Crippen LogP contribution in [-0.2, 0) is 17.0 Å². The second kappa shape index (κ2) is 6.52. The zero-order valence-electron chi connectivity index (χ0n) is 11.0. The maximum Gasteiger partial charge on any atom is 0.234 e. The molecule has 100 valence electrons. The Labute approximate surface area is 116 Å². The molecule has 0 atom stereocenters. The predicted octanol–water partition coefficient (Wildman–Crippen LogP) is 3.19. The average Bonchev–Trinajstić information content (AvgIpc) is 2.84. The third-order valence-electron chi connectivity index (χ3n) is 2.61. The molecule has 4 nitrogen and oxygen atoms in total. The summed E-state index contributed by atoms with van der Waals surface area (Å²) in [6.45, 7) is 3.89. The highest BCUT2D eigenvalue weighted by atomic mass is 32.2. The van der Waals surface area contributed by atoms with Crippen LogP contribution in [0.15, 0.2) is 33.7 Å². The molecule has 0 saturated carbocycles. The third-order valence-corrected chi connectivity index (χ3v) is 3.60. The lowest BCUT2D eigenvalue weighted by molar-refractivity contribution is -0.118. The number of benzene rings is 1. The minimum atomic E-state index is 0.113. The normalized spacial score (nSPS) is 10.6. The molecule has 2 aromatic rings. The summed E-state index contributed by atoms with van der Waals surface area (Å²) in [5.74, 6) is 1.80. The van der Waals surface area contributed by atoms with Gasteiger partial charge in [0.05, 0.1) is 12.2 Å². The van der Waals surface area contributed by atoms with Gasteiger partial charge >= 0.3 is 0 Å². The molecular weight excluding hydrogens is 260 g/mol. The number of rotatable bonds is 6. The number of carbonyl (C=O) groups excluding carboxylic acids is 1. The number of aryl methyl sites for hydroxylation is 1. The van der Waals surface area contributed by atoms with Gasteiger partial charge in [0.25, 0.3) is 0 Å². The van der Waals surface area contributed by atoms with Gasteiger partial charge in [-0.1, -0.05) is 29.8 Å². The standard InChI is InChI=1S/C14H16N2O2S/c1-3-11(17)8-14-15-13(16-18-14)9-19-12-6-4-5-10(2)7-12/h4-7H,3,8-9H2,1-2H3. The summed E-state index contributed by atoms with van der Waals surface area (Å²) < 4.78 is 5.05. The van der Waals surface area contributed by atoms with Gasteiger partial charge in [0.15, 0.2) is 5.82 Å². The highest BCUT2D eigenvalue weighted by Gasteiger charge is 2.10. The van der Waals surface area contributed by atoms with Gasteiger partial charge in [0, 0.05) is 11.3 Å². The molecule has 5 heteroatoms. The Kier molecular flexibility index (Phi) is 4.74. The number of carbonyl (C=O) groups is 1. The Balaban J connectivity index is 1.91. The van der Waals surface area contributed by atoms with Crippen LogP contribution in [0.3, 0.4) is 0 Å². The van der Waals surface area contributed by atoms with E-state index in [1.807, 2.05) is 13.0 Å². The number of Topliss-reactive ketones (excluding diaryl/α,β-unsaturated/α-hetero) is 1. The minimum absolute atomic E-state index is 0.113. The van der Waals surface area contributed by atoms with E-state index in [-0.39, 0.29) is 12.2 Å². The Bertz CT molecular complexity index is 566. The van der Waals surface area contributed by atoms with Crippen LogP contribution in [-0.4, -0.2) is 15.9 Å². The summed E-state index contributed by atoms with van der Waals surface area (Å²) in [4.78, 5) is 16.7. The van der Waals surface area contributed by atoms with Crippen LogP contribution in [0.2, 0.25) is 0 Å². The topological polar surface area (TPSA) is 56.0 Å². The lowest BCUT2D eigenvalue weighted by Gasteiger charge is -1.99. The fourth-order valence-electron chi connectivity index (χ4n) is 1.57. The second-order valence-corrected chi connectivity index (χ2v) is 5.33. The van der Waals surface area contributed by atoms with Gasteiger partial charge in [-0.3, -0.25) is 4.79 Å². The number of hydrogen-bond donors (Lipinski definition) is 0. The fourth-order valence-corrected chi connectivity index (χ4v) is 2.42. The monoisotopic (exact) mass is 276 g/mol. The quantitative estimate of drug-likeness (QED) is 0.758. The van der Waals surface area contributed by atoms with Crippen LogP contribution in [0.5, 0.6) is 0 Å². The van der Waals surface area contributed by atoms with E-state index in [1.54, 1.807) is 11.8 Å². The van der Waals surface area contributed by atoms with Crippen molar-refractivity contribution < 1.29 is 9.32 Å². The molecule has 0 amide bonds. The fraction of sp³-hybridized carbons (Fsp3) is 0.357. The molecule has 0 aliphatic carbocycles. The molecule has 0 bridgehead atoms. The molecule has 0 aliphatic heterocycles. The molecule has 1 aromatic carbocycles. The number of ketones is 1. The van der Waals surface area contributed by atoms with Gasteiger partial charge in [0.1, 0.15) is 5.78 Å². The molecule has 0 saturated heterocycles. The first-order chi connectivity index (χ1) is 9.17. The van der Waals surface area contributed by atoms with Crippen molar-refractivity contribution in [3.05, 3.63) is 41.5 Å². The molecule has 0 unspecified atom stereocenters. The molecule has 19 heavy (non-hydrogen) atoms. The van der Waals surface area contributed by atoms with Gasteiger partial charge in [-0.2, -0.15) is 4.98 Å². The van der Waals surface area contributed by atoms with Crippen LogP contribution in [0.1, 0.15) is 30.6 Å². The lowest BCUT2D eigenvalue weighted by atomic mass is 10.2. The number of aromatic nitrogens is 2. The predicted molar refractivity (Wildman–Crippen MR) is 74.0 cm³/mol. The molecule has 1 heterocycles. The molecular formula is C14H16N2O2S. The summed E-state index contributed by atoms with van der Waals surface area (Å²) in [6, 6.07) is 8.26. The maximum absolute atomic E-state index is 11.3.